The lowest BCUT2D eigenvalue weighted by Gasteiger charge is -2.14. The maximum Gasteiger partial charge on any atom is 0.431 e. The number of thiol groups is 2. The maximum absolute atomic E-state index is 11.0. The molecule has 1 unspecified atom stereocenters. The summed E-state index contributed by atoms with van der Waals surface area (Å²) in [6.07, 6.45) is 8.03. The number of nitrogens with two attached hydrogens (primary N) is 1. The van der Waals surface area contributed by atoms with E-state index in [0.29, 0.717) is 6.42 Å². The summed E-state index contributed by atoms with van der Waals surface area (Å²) >= 11 is 7.38. The topological polar surface area (TPSA) is 55.6 Å². The molecule has 0 radical (unpaired) electrons. The van der Waals surface area contributed by atoms with E-state index in [1.54, 1.807) is 0 Å². The molecule has 1 amide bonds. The van der Waals surface area contributed by atoms with Gasteiger partial charge in [-0.1, -0.05) is 45.4 Å². The van der Waals surface area contributed by atoms with Crippen LogP contribution < -0.4 is 5.73 Å². The number of amides is 1. The van der Waals surface area contributed by atoms with Gasteiger partial charge in [0.25, 0.3) is 0 Å². The monoisotopic (exact) mass is 280 g/mol. The number of hydrogen-bond donors (Lipinski definition) is 3. The van der Waals surface area contributed by atoms with Crippen LogP contribution >= 0.6 is 25.6 Å². The molecule has 6 heteroatoms. The largest absolute Gasteiger partial charge is 0.431 e. The first-order valence-electron chi connectivity index (χ1n) is 6.22. The molecule has 4 nitrogen and oxygen atoms in total. The predicted molar refractivity (Wildman–Crippen MR) is 76.9 cm³/mol. The highest BCUT2D eigenvalue weighted by Gasteiger charge is 2.12. The van der Waals surface area contributed by atoms with Crippen LogP contribution in [0.2, 0.25) is 0 Å². The van der Waals surface area contributed by atoms with E-state index in [9.17, 15) is 4.79 Å². The minimum absolute atomic E-state index is 0.556. The molecule has 2 N–H and O–H groups in total. The lowest BCUT2D eigenvalue weighted by Crippen LogP contribution is -2.29. The van der Waals surface area contributed by atoms with E-state index >= 15 is 0 Å². The fourth-order valence-electron chi connectivity index (χ4n) is 1.54. The number of hydrogen-bond acceptors (Lipinski definition) is 5. The minimum Gasteiger partial charge on any atom is -0.429 e. The normalized spacial score (nSPS) is 12.2. The maximum atomic E-state index is 11.0. The molecule has 0 aromatic heterocycles. The van der Waals surface area contributed by atoms with Gasteiger partial charge in [-0.15, -0.1) is 0 Å². The molecule has 0 aromatic carbocycles. The first-order valence-corrected chi connectivity index (χ1v) is 7.02. The van der Waals surface area contributed by atoms with Gasteiger partial charge < -0.3 is 4.74 Å². The average molecular weight is 280 g/mol. The van der Waals surface area contributed by atoms with E-state index in [-0.39, 0.29) is 0 Å². The van der Waals surface area contributed by atoms with Crippen molar-refractivity contribution in [1.29, 1.82) is 0 Å². The molecule has 0 saturated carbocycles. The fraction of sp³-hybridized carbons (Fsp3) is 0.909. The van der Waals surface area contributed by atoms with Gasteiger partial charge in [0.1, 0.15) is 0 Å². The molecule has 0 aliphatic heterocycles. The van der Waals surface area contributed by atoms with Crippen molar-refractivity contribution in [3.63, 3.8) is 0 Å². The van der Waals surface area contributed by atoms with Crippen molar-refractivity contribution in [1.82, 2.24) is 3.71 Å². The summed E-state index contributed by atoms with van der Waals surface area (Å²) in [5.41, 5.74) is 5.64. The number of unbranched alkanes of at least 4 members (excludes halogenated alkanes) is 6. The average Bonchev–Trinajstić information content (AvgIpc) is 2.27. The van der Waals surface area contributed by atoms with Crippen molar-refractivity contribution in [3.05, 3.63) is 0 Å². The van der Waals surface area contributed by atoms with E-state index < -0.39 is 12.3 Å². The van der Waals surface area contributed by atoms with Crippen LogP contribution in [0.1, 0.15) is 58.3 Å². The molecule has 0 aromatic rings. The predicted octanol–water partition coefficient (Wildman–Crippen LogP) is 3.54. The van der Waals surface area contributed by atoms with Crippen molar-refractivity contribution in [2.75, 3.05) is 0 Å². The molecular weight excluding hydrogens is 256 g/mol. The van der Waals surface area contributed by atoms with Gasteiger partial charge in [-0.3, -0.25) is 5.73 Å². The van der Waals surface area contributed by atoms with E-state index in [1.807, 2.05) is 0 Å². The van der Waals surface area contributed by atoms with E-state index in [0.717, 1.165) is 16.6 Å². The first kappa shape index (κ1) is 16.9. The van der Waals surface area contributed by atoms with Gasteiger partial charge in [-0.05, 0) is 38.5 Å². The SMILES string of the molecule is CCCCCCCCCC(N)OC(=O)N(S)S. The summed E-state index contributed by atoms with van der Waals surface area (Å²) in [5.74, 6) is 0. The molecule has 0 bridgehead atoms. The first-order chi connectivity index (χ1) is 8.07. The highest BCUT2D eigenvalue weighted by Crippen LogP contribution is 2.10. The summed E-state index contributed by atoms with van der Waals surface area (Å²) in [7, 11) is 0. The second-order valence-electron chi connectivity index (χ2n) is 4.12. The van der Waals surface area contributed by atoms with Gasteiger partial charge in [0.2, 0.25) is 0 Å². The Bertz CT molecular complexity index is 204. The lowest BCUT2D eigenvalue weighted by molar-refractivity contribution is 0.0912. The molecule has 0 aliphatic rings. The van der Waals surface area contributed by atoms with Gasteiger partial charge in [-0.2, -0.15) is 3.71 Å². The lowest BCUT2D eigenvalue weighted by atomic mass is 10.1. The van der Waals surface area contributed by atoms with Crippen molar-refractivity contribution in [2.45, 2.75) is 64.5 Å². The van der Waals surface area contributed by atoms with Crippen LogP contribution in [0.25, 0.3) is 0 Å². The molecule has 0 rings (SSSR count). The molecule has 0 heterocycles. The smallest absolute Gasteiger partial charge is 0.429 e. The van der Waals surface area contributed by atoms with E-state index in [4.69, 9.17) is 10.5 Å². The van der Waals surface area contributed by atoms with E-state index in [1.165, 1.54) is 32.1 Å². The molecule has 0 spiro atoms. The Morgan fingerprint density at radius 2 is 1.71 bits per heavy atom. The number of rotatable bonds is 9. The number of carbonyl (C=O) groups excluding carboxylic acids is 1. The van der Waals surface area contributed by atoms with Gasteiger partial charge in [0.15, 0.2) is 6.23 Å². The van der Waals surface area contributed by atoms with Gasteiger partial charge in [0.05, 0.1) is 0 Å². The van der Waals surface area contributed by atoms with Crippen LogP contribution in [-0.2, 0) is 4.74 Å². The minimum atomic E-state index is -0.632. The fourth-order valence-corrected chi connectivity index (χ4v) is 1.63. The van der Waals surface area contributed by atoms with Gasteiger partial charge >= 0.3 is 6.09 Å². The van der Waals surface area contributed by atoms with Crippen LogP contribution in [0.15, 0.2) is 0 Å². The Morgan fingerprint density at radius 1 is 1.18 bits per heavy atom. The van der Waals surface area contributed by atoms with E-state index in [2.05, 4.69) is 32.6 Å². The summed E-state index contributed by atoms with van der Waals surface area (Å²) < 4.78 is 5.65. The number of nitrogens with zero attached hydrogens (tertiary/aromatic N) is 1. The summed E-state index contributed by atoms with van der Waals surface area (Å²) in [6.45, 7) is 2.21. The Kier molecular flexibility index (Phi) is 11.0. The number of ether oxygens (including phenoxy) is 1. The zero-order valence-corrected chi connectivity index (χ0v) is 12.3. The third-order valence-electron chi connectivity index (χ3n) is 2.51. The Balaban J connectivity index is 3.33. The van der Waals surface area contributed by atoms with Crippen molar-refractivity contribution in [3.8, 4) is 0 Å². The Labute approximate surface area is 115 Å². The Morgan fingerprint density at radius 3 is 2.24 bits per heavy atom. The molecule has 0 aliphatic carbocycles. The number of carbonyl (C=O) groups is 1. The highest BCUT2D eigenvalue weighted by molar-refractivity contribution is 7.94. The molecule has 0 saturated heterocycles. The molecular formula is C11H24N2O2S2. The summed E-state index contributed by atoms with van der Waals surface area (Å²) in [6, 6.07) is 0. The second-order valence-corrected chi connectivity index (χ2v) is 5.24. The van der Waals surface area contributed by atoms with Gasteiger partial charge in [0, 0.05) is 0 Å². The third-order valence-corrected chi connectivity index (χ3v) is 2.83. The van der Waals surface area contributed by atoms with Crippen LogP contribution in [-0.4, -0.2) is 16.0 Å². The van der Waals surface area contributed by atoms with Crippen LogP contribution in [0, 0.1) is 0 Å². The van der Waals surface area contributed by atoms with Crippen LogP contribution in [0.4, 0.5) is 4.79 Å². The summed E-state index contributed by atoms with van der Waals surface area (Å²) in [5, 5.41) is 0. The van der Waals surface area contributed by atoms with Crippen LogP contribution in [0.5, 0.6) is 0 Å². The van der Waals surface area contributed by atoms with Crippen molar-refractivity contribution in [2.24, 2.45) is 5.73 Å². The van der Waals surface area contributed by atoms with Crippen molar-refractivity contribution >= 4 is 31.7 Å². The zero-order valence-electron chi connectivity index (χ0n) is 10.5. The zero-order chi connectivity index (χ0) is 13.1. The van der Waals surface area contributed by atoms with Crippen LogP contribution in [0.3, 0.4) is 0 Å². The molecule has 17 heavy (non-hydrogen) atoms. The summed E-state index contributed by atoms with van der Waals surface area (Å²) in [4.78, 5) is 11.0. The Hall–Kier alpha value is -0.0700. The quantitative estimate of drug-likeness (QED) is 0.344. The van der Waals surface area contributed by atoms with Crippen molar-refractivity contribution < 1.29 is 9.53 Å². The standard InChI is InChI=1S/C11H24N2O2S2/c1-2-3-4-5-6-7-8-9-10(12)15-11(14)13(16)17/h10,16-17H,2-9,12H2,1H3. The highest BCUT2D eigenvalue weighted by atomic mass is 32.2. The molecule has 102 valence electrons. The molecule has 0 fully saturated rings. The third kappa shape index (κ3) is 10.8. The van der Waals surface area contributed by atoms with Gasteiger partial charge in [-0.25, -0.2) is 4.79 Å². The molecule has 1 atom stereocenters. The second kappa shape index (κ2) is 11.0.